The molecule has 3 heterocycles. The van der Waals surface area contributed by atoms with Gasteiger partial charge in [0.15, 0.2) is 0 Å². The monoisotopic (exact) mass is 359 g/mol. The normalized spacial score (nSPS) is 35.2. The van der Waals surface area contributed by atoms with Crippen LogP contribution in [-0.4, -0.2) is 55.2 Å². The van der Waals surface area contributed by atoms with Crippen molar-refractivity contribution in [3.05, 3.63) is 29.6 Å². The molecule has 2 aliphatic heterocycles. The molecule has 3 fully saturated rings. The number of piperidine rings is 1. The standard InChI is InChI=1S/C20H29N3O3/c1-25-20(14-7-8-22-18(10-14)19(21)24)15-4-2-5-16(20)12-23(11-15)17-6-3-9-26-13-17/h7-8,10,15-17H,2-6,9,11-13H2,1H3,(H2,21,24)/t15-,16+,17?,20?. The van der Waals surface area contributed by atoms with Crippen LogP contribution < -0.4 is 5.73 Å². The summed E-state index contributed by atoms with van der Waals surface area (Å²) in [6.45, 7) is 3.78. The molecule has 6 nitrogen and oxygen atoms in total. The Kier molecular flexibility index (Phi) is 4.99. The van der Waals surface area contributed by atoms with Crippen molar-refractivity contribution >= 4 is 5.91 Å². The second-order valence-corrected chi connectivity index (χ2v) is 7.94. The van der Waals surface area contributed by atoms with Gasteiger partial charge in [-0.1, -0.05) is 6.42 Å². The predicted octanol–water partition coefficient (Wildman–Crippen LogP) is 1.93. The quantitative estimate of drug-likeness (QED) is 0.889. The summed E-state index contributed by atoms with van der Waals surface area (Å²) in [4.78, 5) is 18.4. The first-order valence-corrected chi connectivity index (χ1v) is 9.78. The molecule has 1 aromatic heterocycles. The third-order valence-electron chi connectivity index (χ3n) is 6.68. The van der Waals surface area contributed by atoms with Crippen LogP contribution in [0.1, 0.15) is 48.2 Å². The molecule has 0 radical (unpaired) electrons. The number of fused-ring (bicyclic) bond motifs is 2. The van der Waals surface area contributed by atoms with E-state index in [1.165, 1.54) is 12.8 Å². The van der Waals surface area contributed by atoms with E-state index in [2.05, 4.69) is 9.88 Å². The number of methoxy groups -OCH3 is 1. The molecule has 0 spiro atoms. The maximum Gasteiger partial charge on any atom is 0.267 e. The molecule has 1 amide bonds. The molecular formula is C20H29N3O3. The van der Waals surface area contributed by atoms with E-state index in [1.54, 1.807) is 6.20 Å². The third-order valence-corrected chi connectivity index (χ3v) is 6.68. The highest BCUT2D eigenvalue weighted by Gasteiger charge is 2.54. The highest BCUT2D eigenvalue weighted by Crippen LogP contribution is 2.52. The lowest BCUT2D eigenvalue weighted by Gasteiger charge is -2.57. The molecule has 2 unspecified atom stereocenters. The van der Waals surface area contributed by atoms with Crippen molar-refractivity contribution in [3.63, 3.8) is 0 Å². The van der Waals surface area contributed by atoms with Crippen LogP contribution in [0.15, 0.2) is 18.3 Å². The van der Waals surface area contributed by atoms with E-state index in [-0.39, 0.29) is 5.60 Å². The number of primary amides is 1. The van der Waals surface area contributed by atoms with Crippen molar-refractivity contribution in [2.24, 2.45) is 17.6 Å². The minimum Gasteiger partial charge on any atom is -0.380 e. The lowest BCUT2D eigenvalue weighted by atomic mass is 9.62. The highest BCUT2D eigenvalue weighted by atomic mass is 16.5. The Bertz CT molecular complexity index is 645. The SMILES string of the molecule is COC1(c2ccnc(C(N)=O)c2)[C@@H]2CCC[C@H]1CN(C1CCCOC1)C2. The van der Waals surface area contributed by atoms with Crippen LogP contribution in [0.5, 0.6) is 0 Å². The molecule has 3 aliphatic rings. The minimum atomic E-state index is -0.486. The smallest absolute Gasteiger partial charge is 0.267 e. The van der Waals surface area contributed by atoms with Crippen LogP contribution in [0.4, 0.5) is 0 Å². The fourth-order valence-electron chi connectivity index (χ4n) is 5.51. The molecule has 2 bridgehead atoms. The van der Waals surface area contributed by atoms with Gasteiger partial charge in [-0.05, 0) is 43.4 Å². The van der Waals surface area contributed by atoms with Gasteiger partial charge in [-0.3, -0.25) is 14.7 Å². The number of hydrogen-bond donors (Lipinski definition) is 1. The van der Waals surface area contributed by atoms with Gasteiger partial charge in [-0.15, -0.1) is 0 Å². The van der Waals surface area contributed by atoms with Crippen molar-refractivity contribution in [1.29, 1.82) is 0 Å². The van der Waals surface area contributed by atoms with Gasteiger partial charge >= 0.3 is 0 Å². The Hall–Kier alpha value is -1.50. The largest absolute Gasteiger partial charge is 0.380 e. The van der Waals surface area contributed by atoms with Gasteiger partial charge in [-0.25, -0.2) is 0 Å². The zero-order valence-electron chi connectivity index (χ0n) is 15.5. The van der Waals surface area contributed by atoms with E-state index < -0.39 is 5.91 Å². The van der Waals surface area contributed by atoms with Gasteiger partial charge in [-0.2, -0.15) is 0 Å². The van der Waals surface area contributed by atoms with Crippen LogP contribution >= 0.6 is 0 Å². The van der Waals surface area contributed by atoms with Gasteiger partial charge in [0.1, 0.15) is 11.3 Å². The third kappa shape index (κ3) is 2.94. The summed E-state index contributed by atoms with van der Waals surface area (Å²) in [6, 6.07) is 4.37. The summed E-state index contributed by atoms with van der Waals surface area (Å²) in [7, 11) is 1.81. The van der Waals surface area contributed by atoms with Gasteiger partial charge in [0.05, 0.1) is 6.61 Å². The Morgan fingerprint density at radius 3 is 2.69 bits per heavy atom. The van der Waals surface area contributed by atoms with Crippen LogP contribution in [0.2, 0.25) is 0 Å². The number of carbonyl (C=O) groups is 1. The summed E-state index contributed by atoms with van der Waals surface area (Å²) >= 11 is 0. The molecule has 2 saturated heterocycles. The summed E-state index contributed by atoms with van der Waals surface area (Å²) in [6.07, 6.45) is 7.58. The second-order valence-electron chi connectivity index (χ2n) is 7.94. The van der Waals surface area contributed by atoms with Crippen molar-refractivity contribution < 1.29 is 14.3 Å². The first-order chi connectivity index (χ1) is 12.6. The lowest BCUT2D eigenvalue weighted by molar-refractivity contribution is -0.179. The van der Waals surface area contributed by atoms with E-state index in [0.29, 0.717) is 23.6 Å². The van der Waals surface area contributed by atoms with E-state index in [4.69, 9.17) is 15.2 Å². The summed E-state index contributed by atoms with van der Waals surface area (Å²) in [5.74, 6) is 0.329. The van der Waals surface area contributed by atoms with Crippen LogP contribution in [0, 0.1) is 11.8 Å². The van der Waals surface area contributed by atoms with E-state index in [0.717, 1.165) is 51.1 Å². The number of ether oxygens (including phenoxy) is 2. The maximum absolute atomic E-state index is 11.6. The van der Waals surface area contributed by atoms with Crippen LogP contribution in [0.25, 0.3) is 0 Å². The average Bonchev–Trinajstić information content (AvgIpc) is 2.67. The van der Waals surface area contributed by atoms with Crippen LogP contribution in [-0.2, 0) is 15.1 Å². The number of pyridine rings is 1. The summed E-state index contributed by atoms with van der Waals surface area (Å²) in [5, 5.41) is 0. The number of rotatable bonds is 4. The average molecular weight is 359 g/mol. The molecule has 1 aliphatic carbocycles. The van der Waals surface area contributed by atoms with E-state index in [9.17, 15) is 4.79 Å². The Labute approximate surface area is 155 Å². The maximum atomic E-state index is 11.6. The zero-order valence-corrected chi connectivity index (χ0v) is 15.5. The lowest BCUT2D eigenvalue weighted by Crippen LogP contribution is -2.61. The first kappa shape index (κ1) is 17.9. The molecule has 4 atom stereocenters. The van der Waals surface area contributed by atoms with Crippen molar-refractivity contribution in [2.45, 2.75) is 43.7 Å². The van der Waals surface area contributed by atoms with Gasteiger partial charge in [0.2, 0.25) is 0 Å². The molecule has 26 heavy (non-hydrogen) atoms. The predicted molar refractivity (Wildman–Crippen MR) is 97.7 cm³/mol. The van der Waals surface area contributed by atoms with Crippen molar-refractivity contribution in [2.75, 3.05) is 33.4 Å². The fraction of sp³-hybridized carbons (Fsp3) is 0.700. The van der Waals surface area contributed by atoms with E-state index in [1.807, 2.05) is 19.2 Å². The van der Waals surface area contributed by atoms with Crippen LogP contribution in [0.3, 0.4) is 0 Å². The number of carbonyl (C=O) groups excluding carboxylic acids is 1. The Balaban J connectivity index is 1.66. The summed E-state index contributed by atoms with van der Waals surface area (Å²) < 4.78 is 12.0. The Morgan fingerprint density at radius 2 is 2.08 bits per heavy atom. The molecule has 1 saturated carbocycles. The first-order valence-electron chi connectivity index (χ1n) is 9.78. The molecule has 0 aromatic carbocycles. The molecule has 2 N–H and O–H groups in total. The van der Waals surface area contributed by atoms with Crippen molar-refractivity contribution in [1.82, 2.24) is 9.88 Å². The second kappa shape index (κ2) is 7.25. The van der Waals surface area contributed by atoms with E-state index >= 15 is 0 Å². The fourth-order valence-corrected chi connectivity index (χ4v) is 5.51. The van der Waals surface area contributed by atoms with Gasteiger partial charge in [0, 0.05) is 50.9 Å². The molecule has 142 valence electrons. The summed E-state index contributed by atoms with van der Waals surface area (Å²) in [5.41, 5.74) is 6.49. The number of hydrogen-bond acceptors (Lipinski definition) is 5. The topological polar surface area (TPSA) is 77.7 Å². The number of amides is 1. The molecule has 6 heteroatoms. The number of nitrogens with zero attached hydrogens (tertiary/aromatic N) is 2. The van der Waals surface area contributed by atoms with Gasteiger partial charge in [0.25, 0.3) is 5.91 Å². The number of likely N-dealkylation sites (tertiary alicyclic amines) is 1. The minimum absolute atomic E-state index is 0.320. The zero-order chi connectivity index (χ0) is 18.1. The number of nitrogens with two attached hydrogens (primary N) is 1. The number of aromatic nitrogens is 1. The molecular weight excluding hydrogens is 330 g/mol. The molecule has 4 rings (SSSR count). The van der Waals surface area contributed by atoms with Gasteiger partial charge < -0.3 is 15.2 Å². The molecule has 1 aromatic rings. The highest BCUT2D eigenvalue weighted by molar-refractivity contribution is 5.90. The van der Waals surface area contributed by atoms with Crippen molar-refractivity contribution in [3.8, 4) is 0 Å². The Morgan fingerprint density at radius 1 is 1.31 bits per heavy atom.